The van der Waals surface area contributed by atoms with Gasteiger partial charge in [-0.05, 0) is 83.5 Å². The van der Waals surface area contributed by atoms with E-state index in [0.717, 1.165) is 77.0 Å². The van der Waals surface area contributed by atoms with Gasteiger partial charge in [0.25, 0.3) is 0 Å². The molecule has 1 saturated heterocycles. The summed E-state index contributed by atoms with van der Waals surface area (Å²) in [7, 11) is -5.07. The first-order valence-electron chi connectivity index (χ1n) is 27.0. The second kappa shape index (κ2) is 45.9. The predicted octanol–water partition coefficient (Wildman–Crippen LogP) is 12.9. The van der Waals surface area contributed by atoms with E-state index in [1.54, 1.807) is 0 Å². The summed E-state index contributed by atoms with van der Waals surface area (Å²) in [4.78, 5) is 12.9. The highest BCUT2D eigenvalue weighted by Crippen LogP contribution is 2.26. The van der Waals surface area contributed by atoms with E-state index in [2.05, 4.69) is 78.8 Å². The number of hydrogen-bond acceptors (Lipinski definition) is 11. The molecule has 13 heteroatoms. The zero-order valence-corrected chi connectivity index (χ0v) is 43.5. The second-order valence-corrected chi connectivity index (χ2v) is 19.5. The summed E-state index contributed by atoms with van der Waals surface area (Å²) in [6.07, 6.45) is 49.6. The molecule has 1 rings (SSSR count). The molecule has 396 valence electrons. The largest absolute Gasteiger partial charge is 0.457 e. The lowest BCUT2D eigenvalue weighted by Gasteiger charge is -2.41. The Morgan fingerprint density at radius 2 is 0.971 bits per heavy atom. The van der Waals surface area contributed by atoms with Crippen molar-refractivity contribution >= 4 is 16.4 Å². The fraction of sp³-hybridized carbons (Fsp3) is 0.800. The number of unbranched alkanes of at least 4 members (excludes halogenated alkanes) is 24. The van der Waals surface area contributed by atoms with Gasteiger partial charge in [0, 0.05) is 13.0 Å². The molecule has 0 aromatic rings. The van der Waals surface area contributed by atoms with Crippen molar-refractivity contribution in [3.63, 3.8) is 0 Å². The first kappa shape index (κ1) is 63.8. The average Bonchev–Trinajstić information content (AvgIpc) is 3.31. The van der Waals surface area contributed by atoms with Crippen molar-refractivity contribution in [3.05, 3.63) is 60.8 Å². The zero-order chi connectivity index (χ0) is 49.6. The highest BCUT2D eigenvalue weighted by Gasteiger charge is 2.48. The monoisotopic (exact) mass is 983 g/mol. The third-order valence-corrected chi connectivity index (χ3v) is 12.6. The van der Waals surface area contributed by atoms with E-state index >= 15 is 0 Å². The third-order valence-electron chi connectivity index (χ3n) is 12.1. The number of esters is 1. The molecule has 0 aliphatic carbocycles. The SMILES string of the molecule is CCCCC/C=C\C/C=C\CCCCCCCCOCC(COC1OC(CO)C(O)C(OS(=O)(=O)O)C1O)OC(=O)CCCCCCCCCCCC/C=C\C/C=C\C/C=C\CCCCCCC. The fourth-order valence-corrected chi connectivity index (χ4v) is 8.51. The first-order chi connectivity index (χ1) is 33.1. The molecule has 68 heavy (non-hydrogen) atoms. The quantitative estimate of drug-likeness (QED) is 0.0197. The molecule has 1 heterocycles. The maximum atomic E-state index is 12.9. The van der Waals surface area contributed by atoms with Gasteiger partial charge in [0.05, 0.1) is 19.8 Å². The van der Waals surface area contributed by atoms with Crippen LogP contribution in [0.5, 0.6) is 0 Å². The van der Waals surface area contributed by atoms with E-state index < -0.39 is 59.8 Å². The van der Waals surface area contributed by atoms with Gasteiger partial charge in [-0.25, -0.2) is 4.18 Å². The van der Waals surface area contributed by atoms with Crippen LogP contribution in [0.1, 0.15) is 219 Å². The third kappa shape index (κ3) is 38.5. The van der Waals surface area contributed by atoms with Crippen LogP contribution in [0, 0.1) is 0 Å². The van der Waals surface area contributed by atoms with E-state index in [0.29, 0.717) is 13.0 Å². The lowest BCUT2D eigenvalue weighted by Crippen LogP contribution is -2.60. The number of aliphatic hydroxyl groups is 3. The molecule has 0 saturated carbocycles. The number of ether oxygens (including phenoxy) is 4. The smallest absolute Gasteiger partial charge is 0.397 e. The highest BCUT2D eigenvalue weighted by molar-refractivity contribution is 7.80. The Labute approximate surface area is 414 Å². The number of hydrogen-bond donors (Lipinski definition) is 4. The maximum absolute atomic E-state index is 12.9. The van der Waals surface area contributed by atoms with Crippen LogP contribution in [0.25, 0.3) is 0 Å². The first-order valence-corrected chi connectivity index (χ1v) is 28.4. The van der Waals surface area contributed by atoms with Gasteiger partial charge in [-0.3, -0.25) is 9.35 Å². The van der Waals surface area contributed by atoms with Crippen LogP contribution in [0.15, 0.2) is 60.8 Å². The second-order valence-electron chi connectivity index (χ2n) is 18.5. The van der Waals surface area contributed by atoms with E-state index in [-0.39, 0.29) is 19.6 Å². The predicted molar refractivity (Wildman–Crippen MR) is 276 cm³/mol. The topological polar surface area (TPSA) is 178 Å². The Kier molecular flexibility index (Phi) is 43.1. The number of allylic oxidation sites excluding steroid dienone is 10. The maximum Gasteiger partial charge on any atom is 0.397 e. The molecule has 1 fully saturated rings. The number of carbonyl (C=O) groups excluding carboxylic acids is 1. The molecular weight excluding hydrogens is 885 g/mol. The average molecular weight is 983 g/mol. The molecule has 1 aliphatic rings. The molecule has 6 unspecified atom stereocenters. The number of carbonyl (C=O) groups is 1. The molecule has 0 aromatic carbocycles. The molecule has 12 nitrogen and oxygen atoms in total. The Bertz CT molecular complexity index is 1410. The fourth-order valence-electron chi connectivity index (χ4n) is 8.00. The summed E-state index contributed by atoms with van der Waals surface area (Å²) in [5.74, 6) is -0.407. The lowest BCUT2D eigenvalue weighted by atomic mass is 9.99. The summed E-state index contributed by atoms with van der Waals surface area (Å²) < 4.78 is 59.3. The molecule has 6 atom stereocenters. The standard InChI is InChI=1S/C55H98O12S/c1-3-5-7-9-11-13-15-17-19-21-22-23-24-25-26-27-28-29-30-32-34-36-38-40-42-44-51(57)65-49(48-64-55-53(59)54(67-68(60,61)62)52(58)50(46-56)66-55)47-63-45-43-41-39-37-35-33-31-20-18-16-14-12-10-8-6-4-2/h12,14-15,17-18,20-22,24-25,49-50,52-56,58-59H,3-11,13,16,19,23,26-48H2,1-2H3,(H,60,61,62)/b14-12-,17-15-,20-18-,22-21-,25-24-. The van der Waals surface area contributed by atoms with Crippen LogP contribution in [-0.2, 0) is 38.3 Å². The molecule has 0 bridgehead atoms. The zero-order valence-electron chi connectivity index (χ0n) is 42.7. The molecule has 0 spiro atoms. The normalized spacial score (nSPS) is 19.8. The van der Waals surface area contributed by atoms with E-state index in [1.807, 2.05) is 0 Å². The van der Waals surface area contributed by atoms with E-state index in [4.69, 9.17) is 18.9 Å². The van der Waals surface area contributed by atoms with Gasteiger partial charge in [0.15, 0.2) is 6.29 Å². The van der Waals surface area contributed by atoms with Crippen LogP contribution in [-0.4, -0.2) is 97.5 Å². The van der Waals surface area contributed by atoms with Gasteiger partial charge in [0.2, 0.25) is 0 Å². The molecule has 1 aliphatic heterocycles. The van der Waals surface area contributed by atoms with Crippen LogP contribution < -0.4 is 0 Å². The Balaban J connectivity index is 2.33. The molecule has 0 radical (unpaired) electrons. The van der Waals surface area contributed by atoms with Gasteiger partial charge in [-0.1, -0.05) is 190 Å². The highest BCUT2D eigenvalue weighted by atomic mass is 32.3. The summed E-state index contributed by atoms with van der Waals surface area (Å²) in [5.41, 5.74) is 0. The Morgan fingerprint density at radius 1 is 0.559 bits per heavy atom. The van der Waals surface area contributed by atoms with Crippen LogP contribution in [0.3, 0.4) is 0 Å². The summed E-state index contributed by atoms with van der Waals surface area (Å²) in [6, 6.07) is 0. The number of aliphatic hydroxyl groups excluding tert-OH is 3. The van der Waals surface area contributed by atoms with Crippen molar-refractivity contribution in [2.45, 2.75) is 256 Å². The molecule has 4 N–H and O–H groups in total. The summed E-state index contributed by atoms with van der Waals surface area (Å²) >= 11 is 0. The van der Waals surface area contributed by atoms with Gasteiger partial charge in [-0.2, -0.15) is 8.42 Å². The van der Waals surface area contributed by atoms with E-state index in [1.165, 1.54) is 116 Å². The van der Waals surface area contributed by atoms with E-state index in [9.17, 15) is 33.1 Å². The Hall–Kier alpha value is -2.20. The van der Waals surface area contributed by atoms with Crippen molar-refractivity contribution in [1.82, 2.24) is 0 Å². The van der Waals surface area contributed by atoms with Crippen LogP contribution in [0.4, 0.5) is 0 Å². The van der Waals surface area contributed by atoms with Crippen LogP contribution in [0.2, 0.25) is 0 Å². The van der Waals surface area contributed by atoms with Crippen molar-refractivity contribution in [1.29, 1.82) is 0 Å². The lowest BCUT2D eigenvalue weighted by molar-refractivity contribution is -0.301. The van der Waals surface area contributed by atoms with Gasteiger partial charge in [0.1, 0.15) is 30.5 Å². The van der Waals surface area contributed by atoms with Crippen molar-refractivity contribution in [2.75, 3.05) is 26.4 Å². The van der Waals surface area contributed by atoms with Gasteiger partial charge < -0.3 is 34.3 Å². The Morgan fingerprint density at radius 3 is 1.44 bits per heavy atom. The van der Waals surface area contributed by atoms with Crippen molar-refractivity contribution in [3.8, 4) is 0 Å². The minimum atomic E-state index is -5.07. The molecular formula is C55H98O12S. The van der Waals surface area contributed by atoms with Gasteiger partial charge in [-0.15, -0.1) is 0 Å². The van der Waals surface area contributed by atoms with Crippen molar-refractivity contribution in [2.24, 2.45) is 0 Å². The van der Waals surface area contributed by atoms with Gasteiger partial charge >= 0.3 is 16.4 Å². The minimum Gasteiger partial charge on any atom is -0.457 e. The molecule has 0 aromatic heterocycles. The molecule has 0 amide bonds. The van der Waals surface area contributed by atoms with Crippen LogP contribution >= 0.6 is 0 Å². The summed E-state index contributed by atoms with van der Waals surface area (Å²) in [6.45, 7) is 3.94. The minimum absolute atomic E-state index is 0.0256. The number of rotatable bonds is 47. The van der Waals surface area contributed by atoms with Crippen molar-refractivity contribution < 1.29 is 56.2 Å². The summed E-state index contributed by atoms with van der Waals surface area (Å²) in [5, 5.41) is 30.8.